The zero-order chi connectivity index (χ0) is 23.7. The molecule has 2 amide bonds. The fourth-order valence-electron chi connectivity index (χ4n) is 3.84. The van der Waals surface area contributed by atoms with Crippen molar-refractivity contribution in [2.24, 2.45) is 9.98 Å². The second-order valence-corrected chi connectivity index (χ2v) is 9.31. The van der Waals surface area contributed by atoms with Crippen molar-refractivity contribution in [3.63, 3.8) is 0 Å². The number of amides is 2. The lowest BCUT2D eigenvalue weighted by Crippen LogP contribution is -2.42. The van der Waals surface area contributed by atoms with E-state index in [-0.39, 0.29) is 17.6 Å². The maximum absolute atomic E-state index is 13.4. The molecule has 1 N–H and O–H groups in total. The van der Waals surface area contributed by atoms with Crippen molar-refractivity contribution in [2.45, 2.75) is 24.6 Å². The number of carbonyl (C=O) groups excluding carboxylic acids is 2. The molecule has 0 saturated heterocycles. The highest BCUT2D eigenvalue weighted by atomic mass is 32.2. The van der Waals surface area contributed by atoms with Gasteiger partial charge in [0.25, 0.3) is 5.91 Å². The molecule has 34 heavy (non-hydrogen) atoms. The van der Waals surface area contributed by atoms with E-state index < -0.39 is 11.3 Å². The van der Waals surface area contributed by atoms with Crippen molar-refractivity contribution in [1.29, 1.82) is 0 Å². The topological polar surface area (TPSA) is 74.1 Å². The number of fused-ring (bicyclic) bond motifs is 3. The minimum Gasteiger partial charge on any atom is -0.325 e. The van der Waals surface area contributed by atoms with E-state index in [2.05, 4.69) is 5.32 Å². The van der Waals surface area contributed by atoms with Gasteiger partial charge in [0.15, 0.2) is 5.17 Å². The predicted octanol–water partition coefficient (Wildman–Crippen LogP) is 4.79. The van der Waals surface area contributed by atoms with E-state index in [1.807, 2.05) is 54.6 Å². The van der Waals surface area contributed by atoms with E-state index in [1.165, 1.54) is 40.9 Å². The molecule has 8 heteroatoms. The molecule has 0 aromatic heterocycles. The van der Waals surface area contributed by atoms with Crippen LogP contribution in [0.2, 0.25) is 0 Å². The van der Waals surface area contributed by atoms with Gasteiger partial charge in [-0.15, -0.1) is 0 Å². The number of rotatable bonds is 5. The van der Waals surface area contributed by atoms with E-state index in [0.29, 0.717) is 28.8 Å². The Morgan fingerprint density at radius 2 is 1.76 bits per heavy atom. The fourth-order valence-corrected chi connectivity index (χ4v) is 4.76. The number of benzene rings is 3. The summed E-state index contributed by atoms with van der Waals surface area (Å²) in [6.45, 7) is 1.74. The molecule has 3 aromatic rings. The van der Waals surface area contributed by atoms with Gasteiger partial charge in [-0.2, -0.15) is 0 Å². The molecule has 5 rings (SSSR count). The van der Waals surface area contributed by atoms with Gasteiger partial charge < -0.3 is 5.32 Å². The molecule has 2 aliphatic heterocycles. The molecule has 2 aliphatic rings. The Bertz CT molecular complexity index is 1310. The molecule has 2 heterocycles. The van der Waals surface area contributed by atoms with Gasteiger partial charge in [-0.25, -0.2) is 14.3 Å². The first-order valence-electron chi connectivity index (χ1n) is 10.9. The summed E-state index contributed by atoms with van der Waals surface area (Å²) < 4.78 is 13.2. The van der Waals surface area contributed by atoms with E-state index in [0.717, 1.165) is 11.1 Å². The number of para-hydroxylation sites is 1. The molecule has 0 radical (unpaired) electrons. The summed E-state index contributed by atoms with van der Waals surface area (Å²) in [4.78, 5) is 37.2. The van der Waals surface area contributed by atoms with Crippen LogP contribution in [0.1, 0.15) is 18.1 Å². The molecule has 0 fully saturated rings. The first kappa shape index (κ1) is 22.0. The van der Waals surface area contributed by atoms with Gasteiger partial charge >= 0.3 is 0 Å². The maximum Gasteiger partial charge on any atom is 0.259 e. The Morgan fingerprint density at radius 3 is 2.53 bits per heavy atom. The van der Waals surface area contributed by atoms with Gasteiger partial charge in [0.05, 0.1) is 10.9 Å². The van der Waals surface area contributed by atoms with Crippen LogP contribution in [0.25, 0.3) is 0 Å². The molecular weight excluding hydrogens is 451 g/mol. The quantitative estimate of drug-likeness (QED) is 0.580. The van der Waals surface area contributed by atoms with Gasteiger partial charge in [0.2, 0.25) is 5.91 Å². The average Bonchev–Trinajstić information content (AvgIpc) is 3.17. The monoisotopic (exact) mass is 472 g/mol. The van der Waals surface area contributed by atoms with E-state index in [1.54, 1.807) is 6.92 Å². The van der Waals surface area contributed by atoms with Crippen molar-refractivity contribution in [1.82, 2.24) is 4.90 Å². The first-order valence-corrected chi connectivity index (χ1v) is 11.7. The number of nitrogens with zero attached hydrogens (tertiary/aromatic N) is 3. The smallest absolute Gasteiger partial charge is 0.259 e. The minimum absolute atomic E-state index is 0.161. The van der Waals surface area contributed by atoms with E-state index in [9.17, 15) is 14.0 Å². The molecule has 0 bridgehead atoms. The lowest BCUT2D eigenvalue weighted by Gasteiger charge is -2.27. The Kier molecular flexibility index (Phi) is 5.98. The molecule has 2 atom stereocenters. The zero-order valence-corrected chi connectivity index (χ0v) is 19.1. The van der Waals surface area contributed by atoms with E-state index >= 15 is 0 Å². The normalized spacial score (nSPS) is 17.4. The zero-order valence-electron chi connectivity index (χ0n) is 18.3. The lowest BCUT2D eigenvalue weighted by molar-refractivity contribution is -0.124. The van der Waals surface area contributed by atoms with Crippen molar-refractivity contribution in [2.75, 3.05) is 5.32 Å². The number of thioether (sulfide) groups is 1. The van der Waals surface area contributed by atoms with E-state index in [4.69, 9.17) is 9.98 Å². The van der Waals surface area contributed by atoms with Crippen LogP contribution < -0.4 is 5.32 Å². The molecule has 0 spiro atoms. The number of anilines is 1. The van der Waals surface area contributed by atoms with Crippen LogP contribution >= 0.6 is 11.8 Å². The number of nitrogens with one attached hydrogen (secondary N) is 1. The molecule has 170 valence electrons. The van der Waals surface area contributed by atoms with Crippen LogP contribution in [0, 0.1) is 5.82 Å². The van der Waals surface area contributed by atoms with Crippen LogP contribution in [0.5, 0.6) is 0 Å². The molecule has 6 nitrogen and oxygen atoms in total. The molecule has 2 unspecified atom stereocenters. The Morgan fingerprint density at radius 1 is 1.06 bits per heavy atom. The van der Waals surface area contributed by atoms with Crippen LogP contribution in [0.15, 0.2) is 88.8 Å². The highest BCUT2D eigenvalue weighted by Gasteiger charge is 2.42. The highest BCUT2D eigenvalue weighted by molar-refractivity contribution is 8.15. The number of carbonyl (C=O) groups is 2. The average molecular weight is 473 g/mol. The predicted molar refractivity (Wildman–Crippen MR) is 133 cm³/mol. The van der Waals surface area contributed by atoms with Crippen LogP contribution in [0.4, 0.5) is 15.8 Å². The molecular formula is C26H21FN4O2S. The van der Waals surface area contributed by atoms with Crippen LogP contribution in [0.3, 0.4) is 0 Å². The van der Waals surface area contributed by atoms with Crippen LogP contribution in [-0.2, 0) is 16.0 Å². The lowest BCUT2D eigenvalue weighted by atomic mass is 10.1. The van der Waals surface area contributed by atoms with Gasteiger partial charge in [-0.3, -0.25) is 14.6 Å². The third kappa shape index (κ3) is 4.36. The Balaban J connectivity index is 1.39. The summed E-state index contributed by atoms with van der Waals surface area (Å²) >= 11 is 1.19. The van der Waals surface area contributed by atoms with Crippen molar-refractivity contribution >= 4 is 46.0 Å². The van der Waals surface area contributed by atoms with Crippen molar-refractivity contribution in [3.8, 4) is 0 Å². The summed E-state index contributed by atoms with van der Waals surface area (Å²) in [6.07, 6.45) is 0.487. The second kappa shape index (κ2) is 9.23. The Hall–Kier alpha value is -3.78. The third-order valence-corrected chi connectivity index (χ3v) is 6.64. The van der Waals surface area contributed by atoms with Gasteiger partial charge in [0.1, 0.15) is 17.7 Å². The standard InChI is InChI=1S/C26H21FN4O2S/c1-16(24(32)28-19-13-11-18(27)12-14-19)34-26-30-21-10-6-5-9-20(21)23-29-22(25(33)31(23)26)15-17-7-3-2-4-8-17/h2-14,16,22H,15H2,1H3,(H,28,32). The number of aliphatic imine (C=N–C) groups is 2. The third-order valence-electron chi connectivity index (χ3n) is 5.58. The van der Waals surface area contributed by atoms with Gasteiger partial charge in [-0.05, 0) is 48.9 Å². The van der Waals surface area contributed by atoms with Crippen molar-refractivity contribution in [3.05, 3.63) is 95.8 Å². The summed E-state index contributed by atoms with van der Waals surface area (Å²) in [5, 5.41) is 2.63. The van der Waals surface area contributed by atoms with Gasteiger partial charge in [0, 0.05) is 17.7 Å². The molecule has 3 aromatic carbocycles. The number of hydrogen-bond acceptors (Lipinski definition) is 5. The maximum atomic E-state index is 13.4. The first-order chi connectivity index (χ1) is 16.5. The second-order valence-electron chi connectivity index (χ2n) is 8.00. The molecule has 0 saturated carbocycles. The number of amidine groups is 2. The number of hydrogen-bond donors (Lipinski definition) is 1. The highest BCUT2D eigenvalue weighted by Crippen LogP contribution is 2.35. The summed E-state index contributed by atoms with van der Waals surface area (Å²) in [6, 6.07) is 22.3. The molecule has 0 aliphatic carbocycles. The Labute approximate surface area is 200 Å². The number of halogens is 1. The fraction of sp³-hybridized carbons (Fsp3) is 0.154. The van der Waals surface area contributed by atoms with Crippen molar-refractivity contribution < 1.29 is 14.0 Å². The summed E-state index contributed by atoms with van der Waals surface area (Å²) in [7, 11) is 0. The van der Waals surface area contributed by atoms with Gasteiger partial charge in [-0.1, -0.05) is 54.2 Å². The summed E-state index contributed by atoms with van der Waals surface area (Å²) in [5.41, 5.74) is 3.02. The largest absolute Gasteiger partial charge is 0.325 e. The van der Waals surface area contributed by atoms with Crippen LogP contribution in [-0.4, -0.2) is 39.0 Å². The SMILES string of the molecule is CC(SC1=Nc2ccccc2C2=NC(Cc3ccccc3)C(=O)N12)C(=O)Nc1ccc(F)cc1. The minimum atomic E-state index is -0.559. The summed E-state index contributed by atoms with van der Waals surface area (Å²) in [5.74, 6) is -0.250.